The van der Waals surface area contributed by atoms with E-state index in [1.165, 1.54) is 28.0 Å². The topological polar surface area (TPSA) is 73.9 Å². The normalized spacial score (nSPS) is 11.8. The van der Waals surface area contributed by atoms with Gasteiger partial charge in [0.1, 0.15) is 4.88 Å². The third-order valence-electron chi connectivity index (χ3n) is 5.45. The standard InChI is InChI=1S/C25H25NO5S/c1-29-20-10-7-16(13-21(20)30-2)11-12-26-23(27)15-31-25(28)22-14-18-9-8-17-5-3-4-6-19(17)24(18)32-22/h3-7,10,13-14H,8-9,11-12,15H2,1-2H3,(H,26,27). The van der Waals surface area contributed by atoms with Crippen LogP contribution in [0.1, 0.15) is 26.4 Å². The molecular formula is C25H25NO5S. The third-order valence-corrected chi connectivity index (χ3v) is 6.64. The summed E-state index contributed by atoms with van der Waals surface area (Å²) in [6.07, 6.45) is 2.50. The number of ether oxygens (including phenoxy) is 3. The number of hydrogen-bond acceptors (Lipinski definition) is 6. The molecule has 0 bridgehead atoms. The van der Waals surface area contributed by atoms with Gasteiger partial charge in [-0.2, -0.15) is 0 Å². The zero-order valence-corrected chi connectivity index (χ0v) is 18.9. The minimum absolute atomic E-state index is 0.302. The molecule has 0 unspecified atom stereocenters. The number of amides is 1. The van der Waals surface area contributed by atoms with E-state index < -0.39 is 5.97 Å². The van der Waals surface area contributed by atoms with Crippen molar-refractivity contribution in [1.29, 1.82) is 0 Å². The number of rotatable bonds is 8. The largest absolute Gasteiger partial charge is 0.493 e. The number of fused-ring (bicyclic) bond motifs is 3. The number of nitrogens with one attached hydrogen (secondary N) is 1. The van der Waals surface area contributed by atoms with Gasteiger partial charge in [-0.3, -0.25) is 4.79 Å². The number of benzene rings is 2. The lowest BCUT2D eigenvalue weighted by atomic mass is 9.91. The molecule has 0 atom stereocenters. The Bertz CT molecular complexity index is 1140. The summed E-state index contributed by atoms with van der Waals surface area (Å²) >= 11 is 1.43. The molecule has 1 aromatic heterocycles. The monoisotopic (exact) mass is 451 g/mol. The Morgan fingerprint density at radius 1 is 0.969 bits per heavy atom. The van der Waals surface area contributed by atoms with Crippen LogP contribution in [0.4, 0.5) is 0 Å². The number of methoxy groups -OCH3 is 2. The Labute approximate surface area is 191 Å². The highest BCUT2D eigenvalue weighted by molar-refractivity contribution is 7.17. The number of aryl methyl sites for hydroxylation is 2. The first-order valence-corrected chi connectivity index (χ1v) is 11.3. The number of carbonyl (C=O) groups is 2. The van der Waals surface area contributed by atoms with E-state index in [-0.39, 0.29) is 12.5 Å². The highest BCUT2D eigenvalue weighted by Crippen LogP contribution is 2.39. The number of hydrogen-bond donors (Lipinski definition) is 1. The van der Waals surface area contributed by atoms with Gasteiger partial charge in [-0.1, -0.05) is 30.3 Å². The zero-order valence-electron chi connectivity index (χ0n) is 18.1. The van der Waals surface area contributed by atoms with Crippen molar-refractivity contribution in [3.05, 3.63) is 70.1 Å². The van der Waals surface area contributed by atoms with Crippen molar-refractivity contribution in [2.45, 2.75) is 19.3 Å². The van der Waals surface area contributed by atoms with Gasteiger partial charge in [0.05, 0.1) is 14.2 Å². The summed E-state index contributed by atoms with van der Waals surface area (Å²) in [5.41, 5.74) is 4.66. The first-order chi connectivity index (χ1) is 15.6. The number of carbonyl (C=O) groups excluding carboxylic acids is 2. The van der Waals surface area contributed by atoms with Crippen LogP contribution in [0, 0.1) is 0 Å². The van der Waals surface area contributed by atoms with E-state index in [4.69, 9.17) is 14.2 Å². The van der Waals surface area contributed by atoms with Crippen molar-refractivity contribution in [2.75, 3.05) is 27.4 Å². The fraction of sp³-hybridized carbons (Fsp3) is 0.280. The molecule has 166 valence electrons. The Balaban J connectivity index is 1.27. The summed E-state index contributed by atoms with van der Waals surface area (Å²) in [6.45, 7) is 0.125. The van der Waals surface area contributed by atoms with E-state index in [1.54, 1.807) is 14.2 Å². The van der Waals surface area contributed by atoms with E-state index in [1.807, 2.05) is 36.4 Å². The van der Waals surface area contributed by atoms with Crippen LogP contribution in [0.5, 0.6) is 11.5 Å². The Morgan fingerprint density at radius 3 is 2.56 bits per heavy atom. The Morgan fingerprint density at radius 2 is 1.75 bits per heavy atom. The molecule has 0 saturated carbocycles. The molecule has 0 spiro atoms. The summed E-state index contributed by atoms with van der Waals surface area (Å²) in [4.78, 5) is 26.3. The molecule has 7 heteroatoms. The van der Waals surface area contributed by atoms with Gasteiger partial charge >= 0.3 is 5.97 Å². The maximum atomic E-state index is 12.5. The molecule has 0 aliphatic heterocycles. The first kappa shape index (κ1) is 21.9. The van der Waals surface area contributed by atoms with Gasteiger partial charge in [0.25, 0.3) is 5.91 Å². The van der Waals surface area contributed by atoms with E-state index in [0.29, 0.717) is 29.3 Å². The van der Waals surface area contributed by atoms with E-state index in [0.717, 1.165) is 23.3 Å². The molecule has 0 fully saturated rings. The smallest absolute Gasteiger partial charge is 0.348 e. The lowest BCUT2D eigenvalue weighted by molar-refractivity contribution is -0.124. The van der Waals surface area contributed by atoms with Crippen LogP contribution in [0.15, 0.2) is 48.5 Å². The molecule has 4 rings (SSSR count). The van der Waals surface area contributed by atoms with Gasteiger partial charge < -0.3 is 19.5 Å². The first-order valence-electron chi connectivity index (χ1n) is 10.4. The van der Waals surface area contributed by atoms with Gasteiger partial charge in [0.2, 0.25) is 0 Å². The summed E-state index contributed by atoms with van der Waals surface area (Å²) in [6, 6.07) is 15.8. The second kappa shape index (κ2) is 9.87. The molecule has 1 amide bonds. The lowest BCUT2D eigenvalue weighted by Crippen LogP contribution is -2.30. The average Bonchev–Trinajstić information content (AvgIpc) is 3.27. The van der Waals surface area contributed by atoms with Crippen LogP contribution in [0.3, 0.4) is 0 Å². The summed E-state index contributed by atoms with van der Waals surface area (Å²) in [5.74, 6) is 0.514. The van der Waals surface area contributed by atoms with Crippen molar-refractivity contribution in [1.82, 2.24) is 5.32 Å². The zero-order chi connectivity index (χ0) is 22.5. The van der Waals surface area contributed by atoms with Crippen molar-refractivity contribution in [2.24, 2.45) is 0 Å². The van der Waals surface area contributed by atoms with Gasteiger partial charge in [0.15, 0.2) is 18.1 Å². The molecule has 1 heterocycles. The molecule has 2 aromatic carbocycles. The predicted molar refractivity (Wildman–Crippen MR) is 124 cm³/mol. The molecule has 1 aliphatic rings. The quantitative estimate of drug-likeness (QED) is 0.523. The minimum atomic E-state index is -0.461. The lowest BCUT2D eigenvalue weighted by Gasteiger charge is -2.15. The molecule has 32 heavy (non-hydrogen) atoms. The van der Waals surface area contributed by atoms with Crippen molar-refractivity contribution >= 4 is 23.2 Å². The summed E-state index contributed by atoms with van der Waals surface area (Å²) in [5, 5.41) is 2.78. The maximum Gasteiger partial charge on any atom is 0.348 e. The third kappa shape index (κ3) is 4.78. The average molecular weight is 452 g/mol. The second-order valence-corrected chi connectivity index (χ2v) is 8.54. The van der Waals surface area contributed by atoms with Crippen LogP contribution < -0.4 is 14.8 Å². The van der Waals surface area contributed by atoms with Crippen LogP contribution in [-0.2, 0) is 28.8 Å². The van der Waals surface area contributed by atoms with Gasteiger partial charge in [-0.15, -0.1) is 11.3 Å². The second-order valence-electron chi connectivity index (χ2n) is 7.49. The van der Waals surface area contributed by atoms with Crippen LogP contribution in [0.25, 0.3) is 10.4 Å². The van der Waals surface area contributed by atoms with E-state index in [9.17, 15) is 9.59 Å². The van der Waals surface area contributed by atoms with Gasteiger partial charge in [-0.05, 0) is 59.7 Å². The number of esters is 1. The molecule has 1 N–H and O–H groups in total. The number of thiophene rings is 1. The summed E-state index contributed by atoms with van der Waals surface area (Å²) in [7, 11) is 3.17. The van der Waals surface area contributed by atoms with Gasteiger partial charge in [0, 0.05) is 11.4 Å². The highest BCUT2D eigenvalue weighted by Gasteiger charge is 2.22. The molecule has 3 aromatic rings. The Kier molecular flexibility index (Phi) is 6.75. The highest BCUT2D eigenvalue weighted by atomic mass is 32.1. The van der Waals surface area contributed by atoms with Crippen molar-refractivity contribution in [3.8, 4) is 21.9 Å². The van der Waals surface area contributed by atoms with Crippen LogP contribution >= 0.6 is 11.3 Å². The minimum Gasteiger partial charge on any atom is -0.493 e. The fourth-order valence-corrected chi connectivity index (χ4v) is 4.97. The van der Waals surface area contributed by atoms with Crippen LogP contribution in [-0.4, -0.2) is 39.2 Å². The molecule has 6 nitrogen and oxygen atoms in total. The molecule has 1 aliphatic carbocycles. The fourth-order valence-electron chi connectivity index (χ4n) is 3.81. The summed E-state index contributed by atoms with van der Waals surface area (Å²) < 4.78 is 15.8. The predicted octanol–water partition coefficient (Wildman–Crippen LogP) is 4.05. The Hall–Kier alpha value is -3.32. The molecule has 0 saturated heterocycles. The van der Waals surface area contributed by atoms with Crippen molar-refractivity contribution in [3.63, 3.8) is 0 Å². The van der Waals surface area contributed by atoms with E-state index in [2.05, 4.69) is 17.4 Å². The van der Waals surface area contributed by atoms with Crippen LogP contribution in [0.2, 0.25) is 0 Å². The molecule has 0 radical (unpaired) electrons. The SMILES string of the molecule is COc1ccc(CCNC(=O)COC(=O)c2cc3c(s2)-c2ccccc2CC3)cc1OC. The van der Waals surface area contributed by atoms with Crippen molar-refractivity contribution < 1.29 is 23.8 Å². The molecular weight excluding hydrogens is 426 g/mol. The van der Waals surface area contributed by atoms with Gasteiger partial charge in [-0.25, -0.2) is 4.79 Å². The van der Waals surface area contributed by atoms with E-state index >= 15 is 0 Å². The maximum absolute atomic E-state index is 12.5.